The van der Waals surface area contributed by atoms with E-state index in [1.54, 1.807) is 11.3 Å². The van der Waals surface area contributed by atoms with Crippen LogP contribution >= 0.6 is 11.3 Å². The molecule has 4 saturated carbocycles. The van der Waals surface area contributed by atoms with Gasteiger partial charge in [-0.3, -0.25) is 4.79 Å². The van der Waals surface area contributed by atoms with Crippen LogP contribution in [-0.4, -0.2) is 29.5 Å². The van der Waals surface area contributed by atoms with Crippen LogP contribution in [0.15, 0.2) is 24.3 Å². The van der Waals surface area contributed by atoms with Gasteiger partial charge in [0.2, 0.25) is 0 Å². The Bertz CT molecular complexity index is 792. The topological polar surface area (TPSA) is 46.4 Å². The molecule has 2 N–H and O–H groups in total. The lowest BCUT2D eigenvalue weighted by Crippen LogP contribution is -3.12. The van der Waals surface area contributed by atoms with Crippen LogP contribution < -0.4 is 10.2 Å². The number of hydrogen-bond acceptors (Lipinski definition) is 3. The van der Waals surface area contributed by atoms with Crippen molar-refractivity contribution in [1.82, 2.24) is 10.3 Å². The molecular formula is C22H30N3OS+. The maximum atomic E-state index is 13.1. The lowest BCUT2D eigenvalue weighted by molar-refractivity contribution is -0.908. The van der Waals surface area contributed by atoms with Crippen LogP contribution in [0.3, 0.4) is 0 Å². The second-order valence-electron chi connectivity index (χ2n) is 9.51. The molecule has 2 aromatic rings. The van der Waals surface area contributed by atoms with Crippen LogP contribution in [-0.2, 0) is 11.3 Å². The lowest BCUT2D eigenvalue weighted by Gasteiger charge is -2.57. The van der Waals surface area contributed by atoms with Gasteiger partial charge in [-0.05, 0) is 75.3 Å². The van der Waals surface area contributed by atoms with Crippen molar-refractivity contribution in [2.75, 3.05) is 7.05 Å². The molecule has 5 heteroatoms. The van der Waals surface area contributed by atoms with Gasteiger partial charge in [0.15, 0.2) is 6.04 Å². The van der Waals surface area contributed by atoms with Crippen LogP contribution in [0.2, 0.25) is 0 Å². The molecule has 144 valence electrons. The van der Waals surface area contributed by atoms with E-state index < -0.39 is 0 Å². The average molecular weight is 385 g/mol. The van der Waals surface area contributed by atoms with Gasteiger partial charge in [0.1, 0.15) is 11.6 Å². The molecule has 0 saturated heterocycles. The molecule has 0 radical (unpaired) electrons. The number of para-hydroxylation sites is 1. The van der Waals surface area contributed by atoms with Crippen molar-refractivity contribution in [3.63, 3.8) is 0 Å². The molecular weight excluding hydrogens is 354 g/mol. The first kappa shape index (κ1) is 17.6. The molecule has 1 amide bonds. The number of likely N-dealkylation sites (N-methyl/N-ethyl adjacent to an activating group) is 1. The number of nitrogens with one attached hydrogen (secondary N) is 2. The van der Waals surface area contributed by atoms with Gasteiger partial charge in [-0.15, -0.1) is 11.3 Å². The normalized spacial score (nSPS) is 33.9. The number of rotatable bonds is 5. The molecule has 1 aromatic heterocycles. The molecule has 4 nitrogen and oxygen atoms in total. The molecule has 27 heavy (non-hydrogen) atoms. The summed E-state index contributed by atoms with van der Waals surface area (Å²) in [5.41, 5.74) is 1.17. The molecule has 1 aromatic carbocycles. The minimum absolute atomic E-state index is 0.0509. The van der Waals surface area contributed by atoms with E-state index in [0.29, 0.717) is 0 Å². The van der Waals surface area contributed by atoms with Gasteiger partial charge in [-0.25, -0.2) is 4.98 Å². The van der Waals surface area contributed by atoms with E-state index in [2.05, 4.69) is 37.5 Å². The van der Waals surface area contributed by atoms with Crippen molar-refractivity contribution >= 4 is 27.5 Å². The third-order valence-electron chi connectivity index (χ3n) is 7.33. The first-order valence-corrected chi connectivity index (χ1v) is 11.3. The van der Waals surface area contributed by atoms with E-state index in [-0.39, 0.29) is 17.5 Å². The molecule has 2 atom stereocenters. The number of nitrogens with zero attached hydrogens (tertiary/aromatic N) is 1. The number of thiazole rings is 1. The Hall–Kier alpha value is -1.46. The van der Waals surface area contributed by atoms with E-state index >= 15 is 0 Å². The van der Waals surface area contributed by atoms with E-state index in [9.17, 15) is 4.79 Å². The highest BCUT2D eigenvalue weighted by atomic mass is 32.1. The first-order chi connectivity index (χ1) is 13.0. The average Bonchev–Trinajstić information content (AvgIpc) is 3.01. The summed E-state index contributed by atoms with van der Waals surface area (Å²) in [6.45, 7) is 2.87. The highest BCUT2D eigenvalue weighted by Gasteiger charge is 2.52. The number of carbonyl (C=O) groups is 1. The Morgan fingerprint density at radius 3 is 2.48 bits per heavy atom. The summed E-state index contributed by atoms with van der Waals surface area (Å²) in [5.74, 6) is 2.81. The van der Waals surface area contributed by atoms with Gasteiger partial charge in [-0.2, -0.15) is 0 Å². The SMILES string of the molecule is C[C@@H](C(=O)NC12CC3CC(CC(C3)C1)C2)[NH+](C)Cc1nc2ccccc2s1. The van der Waals surface area contributed by atoms with Crippen molar-refractivity contribution in [2.45, 2.75) is 63.6 Å². The second kappa shape index (κ2) is 6.56. The Kier molecular flexibility index (Phi) is 4.28. The summed E-state index contributed by atoms with van der Waals surface area (Å²) in [6, 6.07) is 8.22. The number of quaternary nitrogens is 1. The predicted octanol–water partition coefficient (Wildman–Crippen LogP) is 2.78. The predicted molar refractivity (Wildman–Crippen MR) is 109 cm³/mol. The largest absolute Gasteiger partial charge is 0.345 e. The summed E-state index contributed by atoms with van der Waals surface area (Å²) < 4.78 is 1.23. The van der Waals surface area contributed by atoms with Gasteiger partial charge >= 0.3 is 0 Å². The maximum absolute atomic E-state index is 13.1. The van der Waals surface area contributed by atoms with Crippen molar-refractivity contribution in [3.8, 4) is 0 Å². The lowest BCUT2D eigenvalue weighted by atomic mass is 9.53. The summed E-state index contributed by atoms with van der Waals surface area (Å²) in [7, 11) is 2.12. The minimum atomic E-state index is -0.0509. The summed E-state index contributed by atoms with van der Waals surface area (Å²) >= 11 is 1.75. The number of fused-ring (bicyclic) bond motifs is 1. The zero-order chi connectivity index (χ0) is 18.6. The highest BCUT2D eigenvalue weighted by Crippen LogP contribution is 2.55. The molecule has 6 rings (SSSR count). The quantitative estimate of drug-likeness (QED) is 0.833. The number of amides is 1. The molecule has 0 spiro atoms. The summed E-state index contributed by atoms with van der Waals surface area (Å²) in [5, 5.41) is 4.65. The summed E-state index contributed by atoms with van der Waals surface area (Å²) in [4.78, 5) is 19.0. The number of aromatic nitrogens is 1. The van der Waals surface area contributed by atoms with Gasteiger partial charge in [0.05, 0.1) is 17.3 Å². The molecule has 1 heterocycles. The highest BCUT2D eigenvalue weighted by molar-refractivity contribution is 7.18. The van der Waals surface area contributed by atoms with Crippen LogP contribution in [0.1, 0.15) is 50.5 Å². The minimum Gasteiger partial charge on any atom is -0.345 e. The van der Waals surface area contributed by atoms with Crippen LogP contribution in [0.4, 0.5) is 0 Å². The van der Waals surface area contributed by atoms with Gasteiger partial charge in [-0.1, -0.05) is 12.1 Å². The van der Waals surface area contributed by atoms with Gasteiger partial charge < -0.3 is 10.2 Å². The van der Waals surface area contributed by atoms with E-state index in [0.717, 1.165) is 34.8 Å². The smallest absolute Gasteiger partial charge is 0.278 e. The Morgan fingerprint density at radius 2 is 1.85 bits per heavy atom. The third-order valence-corrected chi connectivity index (χ3v) is 8.36. The van der Waals surface area contributed by atoms with Crippen LogP contribution in [0, 0.1) is 17.8 Å². The monoisotopic (exact) mass is 384 g/mol. The van der Waals surface area contributed by atoms with E-state index in [1.807, 2.05) is 6.07 Å². The molecule has 4 aliphatic carbocycles. The zero-order valence-electron chi connectivity index (χ0n) is 16.3. The molecule has 4 bridgehead atoms. The van der Waals surface area contributed by atoms with Crippen molar-refractivity contribution in [1.29, 1.82) is 0 Å². The van der Waals surface area contributed by atoms with Crippen molar-refractivity contribution in [3.05, 3.63) is 29.3 Å². The molecule has 4 aliphatic rings. The number of carbonyl (C=O) groups excluding carboxylic acids is 1. The fourth-order valence-corrected chi connectivity index (χ4v) is 7.31. The summed E-state index contributed by atoms with van der Waals surface area (Å²) in [6.07, 6.45) is 7.88. The van der Waals surface area contributed by atoms with E-state index in [4.69, 9.17) is 4.98 Å². The number of hydrogen-bond donors (Lipinski definition) is 2. The molecule has 1 unspecified atom stereocenters. The number of benzene rings is 1. The second-order valence-corrected chi connectivity index (χ2v) is 10.6. The van der Waals surface area contributed by atoms with E-state index in [1.165, 1.54) is 48.1 Å². The fourth-order valence-electron chi connectivity index (χ4n) is 6.24. The van der Waals surface area contributed by atoms with Gasteiger partial charge in [0.25, 0.3) is 5.91 Å². The van der Waals surface area contributed by atoms with Crippen molar-refractivity contribution in [2.24, 2.45) is 17.8 Å². The first-order valence-electron chi connectivity index (χ1n) is 10.5. The third kappa shape index (κ3) is 3.29. The van der Waals surface area contributed by atoms with Gasteiger partial charge in [0, 0.05) is 5.54 Å². The Morgan fingerprint density at radius 1 is 1.22 bits per heavy atom. The Balaban J connectivity index is 1.24. The molecule has 0 aliphatic heterocycles. The van der Waals surface area contributed by atoms with Crippen molar-refractivity contribution < 1.29 is 9.69 Å². The fraction of sp³-hybridized carbons (Fsp3) is 0.636. The molecule has 4 fully saturated rings. The van der Waals surface area contributed by atoms with Crippen LogP contribution in [0.5, 0.6) is 0 Å². The maximum Gasteiger partial charge on any atom is 0.278 e. The zero-order valence-corrected chi connectivity index (χ0v) is 17.1. The van der Waals surface area contributed by atoms with Crippen LogP contribution in [0.25, 0.3) is 10.2 Å². The standard InChI is InChI=1S/C22H29N3OS/c1-14(25(2)13-20-23-18-5-3-4-6-19(18)27-20)21(26)24-22-10-15-7-16(11-22)9-17(8-15)12-22/h3-6,14-17H,7-13H2,1-2H3,(H,24,26)/p+1/t14-,15?,16?,17?,22?/m0/s1. The Labute approximate surface area is 165 Å².